The highest BCUT2D eigenvalue weighted by Gasteiger charge is 2.13. The molecule has 162 valence electrons. The minimum absolute atomic E-state index is 0.357. The summed E-state index contributed by atoms with van der Waals surface area (Å²) in [5.41, 5.74) is 15.7. The van der Waals surface area contributed by atoms with Crippen molar-refractivity contribution < 1.29 is 29.7 Å². The van der Waals surface area contributed by atoms with Gasteiger partial charge in [-0.05, 0) is 37.0 Å². The van der Waals surface area contributed by atoms with Crippen LogP contribution < -0.4 is 17.2 Å². The predicted octanol–water partition coefficient (Wildman–Crippen LogP) is 1.33. The number of carbonyl (C=O) groups is 3. The van der Waals surface area contributed by atoms with Crippen LogP contribution in [0.3, 0.4) is 0 Å². The molecule has 0 aliphatic heterocycles. The molecule has 1 unspecified atom stereocenters. The van der Waals surface area contributed by atoms with E-state index >= 15 is 0 Å². The molecule has 0 aliphatic rings. The molecule has 0 aromatic carbocycles. The highest BCUT2D eigenvalue weighted by atomic mass is 16.4. The Bertz CT molecular complexity index is 366. The second-order valence-corrected chi connectivity index (χ2v) is 7.72. The van der Waals surface area contributed by atoms with E-state index in [-0.39, 0.29) is 0 Å². The molecule has 0 radical (unpaired) electrons. The van der Waals surface area contributed by atoms with E-state index in [0.29, 0.717) is 37.0 Å². The third-order valence-electron chi connectivity index (χ3n) is 3.13. The van der Waals surface area contributed by atoms with Gasteiger partial charge < -0.3 is 32.5 Å². The molecule has 3 atom stereocenters. The van der Waals surface area contributed by atoms with Crippen LogP contribution in [0.15, 0.2) is 0 Å². The first kappa shape index (κ1) is 30.0. The summed E-state index contributed by atoms with van der Waals surface area (Å²) in [6.45, 7) is 11.7. The SMILES string of the molecule is CC(C)CC(N)C(=O)O.CC(C)C[C@H](N)C(=O)O.CC(C)C[C@H](N)C(=O)O. The number of nitrogens with two attached hydrogens (primary N) is 3. The minimum Gasteiger partial charge on any atom is -0.480 e. The van der Waals surface area contributed by atoms with Gasteiger partial charge in [0.1, 0.15) is 18.1 Å². The van der Waals surface area contributed by atoms with E-state index in [1.54, 1.807) is 0 Å². The Balaban J connectivity index is -0.000000320. The Labute approximate surface area is 162 Å². The van der Waals surface area contributed by atoms with Crippen molar-refractivity contribution in [2.45, 2.75) is 78.9 Å². The molecule has 9 nitrogen and oxygen atoms in total. The first-order valence-corrected chi connectivity index (χ1v) is 9.06. The fraction of sp³-hybridized carbons (Fsp3) is 0.833. The van der Waals surface area contributed by atoms with E-state index in [4.69, 9.17) is 32.5 Å². The maximum atomic E-state index is 10.1. The molecule has 0 saturated heterocycles. The normalized spacial score (nSPS) is 13.8. The lowest BCUT2D eigenvalue weighted by atomic mass is 10.1. The molecule has 9 heteroatoms. The molecule has 9 N–H and O–H groups in total. The van der Waals surface area contributed by atoms with Crippen LogP contribution in [0.25, 0.3) is 0 Å². The zero-order valence-corrected chi connectivity index (χ0v) is 17.4. The molecule has 0 aliphatic carbocycles. The van der Waals surface area contributed by atoms with Gasteiger partial charge in [-0.3, -0.25) is 14.4 Å². The van der Waals surface area contributed by atoms with Crippen molar-refractivity contribution >= 4 is 17.9 Å². The Hall–Kier alpha value is -1.71. The van der Waals surface area contributed by atoms with Crippen LogP contribution in [0.2, 0.25) is 0 Å². The molecular formula is C18H39N3O6. The molecule has 0 bridgehead atoms. The lowest BCUT2D eigenvalue weighted by Crippen LogP contribution is -2.31. The van der Waals surface area contributed by atoms with E-state index in [1.165, 1.54) is 0 Å². The van der Waals surface area contributed by atoms with Gasteiger partial charge in [0.2, 0.25) is 0 Å². The van der Waals surface area contributed by atoms with Gasteiger partial charge in [-0.2, -0.15) is 0 Å². The maximum Gasteiger partial charge on any atom is 0.320 e. The van der Waals surface area contributed by atoms with Crippen LogP contribution in [0.4, 0.5) is 0 Å². The molecule has 0 spiro atoms. The van der Waals surface area contributed by atoms with E-state index in [9.17, 15) is 14.4 Å². The number of hydrogen-bond acceptors (Lipinski definition) is 6. The van der Waals surface area contributed by atoms with Crippen molar-refractivity contribution in [2.75, 3.05) is 0 Å². The number of hydrogen-bond donors (Lipinski definition) is 6. The first-order valence-electron chi connectivity index (χ1n) is 9.06. The van der Waals surface area contributed by atoms with Crippen LogP contribution in [0.1, 0.15) is 60.8 Å². The van der Waals surface area contributed by atoms with E-state index in [0.717, 1.165) is 0 Å². The molecule has 0 fully saturated rings. The Morgan fingerprint density at radius 1 is 0.556 bits per heavy atom. The molecule has 0 aromatic heterocycles. The summed E-state index contributed by atoms with van der Waals surface area (Å²) in [6.07, 6.45) is 1.65. The fourth-order valence-corrected chi connectivity index (χ4v) is 1.83. The van der Waals surface area contributed by atoms with Crippen molar-refractivity contribution in [1.82, 2.24) is 0 Å². The van der Waals surface area contributed by atoms with Crippen molar-refractivity contribution in [1.29, 1.82) is 0 Å². The lowest BCUT2D eigenvalue weighted by Gasteiger charge is -2.07. The quantitative estimate of drug-likeness (QED) is 0.335. The summed E-state index contributed by atoms with van der Waals surface area (Å²) in [4.78, 5) is 30.3. The zero-order chi connectivity index (χ0) is 22.3. The van der Waals surface area contributed by atoms with Crippen LogP contribution in [0, 0.1) is 17.8 Å². The summed E-state index contributed by atoms with van der Waals surface area (Å²) in [5.74, 6) is -1.67. The minimum atomic E-state index is -0.913. The van der Waals surface area contributed by atoms with Gasteiger partial charge in [0.15, 0.2) is 0 Å². The third kappa shape index (κ3) is 24.3. The summed E-state index contributed by atoms with van der Waals surface area (Å²) in [5, 5.41) is 24.9. The molecular weight excluding hydrogens is 354 g/mol. The van der Waals surface area contributed by atoms with Gasteiger partial charge in [-0.25, -0.2) is 0 Å². The van der Waals surface area contributed by atoms with E-state index in [1.807, 2.05) is 41.5 Å². The standard InChI is InChI=1S/3C6H13NO2/c3*1-4(2)3-5(7)6(8)9/h3*4-5H,3,7H2,1-2H3,(H,8,9)/t2*5-;/m00./s1. The van der Waals surface area contributed by atoms with Crippen LogP contribution in [-0.4, -0.2) is 51.4 Å². The van der Waals surface area contributed by atoms with E-state index in [2.05, 4.69) is 0 Å². The second kappa shape index (κ2) is 16.5. The predicted molar refractivity (Wildman–Crippen MR) is 105 cm³/mol. The van der Waals surface area contributed by atoms with Crippen LogP contribution in [0.5, 0.6) is 0 Å². The lowest BCUT2D eigenvalue weighted by molar-refractivity contribution is -0.139. The van der Waals surface area contributed by atoms with Gasteiger partial charge in [0.25, 0.3) is 0 Å². The average Bonchev–Trinajstić information content (AvgIpc) is 2.46. The smallest absolute Gasteiger partial charge is 0.320 e. The number of carboxylic acid groups (broad SMARTS) is 3. The largest absolute Gasteiger partial charge is 0.480 e. The Morgan fingerprint density at radius 2 is 0.704 bits per heavy atom. The number of aliphatic carboxylic acids is 3. The summed E-state index contributed by atoms with van der Waals surface area (Å²) in [6, 6.07) is -2.07. The van der Waals surface area contributed by atoms with Gasteiger partial charge in [-0.15, -0.1) is 0 Å². The van der Waals surface area contributed by atoms with Gasteiger partial charge in [0, 0.05) is 0 Å². The van der Waals surface area contributed by atoms with Gasteiger partial charge in [-0.1, -0.05) is 41.5 Å². The Morgan fingerprint density at radius 3 is 0.741 bits per heavy atom. The zero-order valence-electron chi connectivity index (χ0n) is 17.4. The molecule has 0 heterocycles. The second-order valence-electron chi connectivity index (χ2n) is 7.72. The molecule has 27 heavy (non-hydrogen) atoms. The van der Waals surface area contributed by atoms with Crippen molar-refractivity contribution in [3.63, 3.8) is 0 Å². The summed E-state index contributed by atoms with van der Waals surface area (Å²) < 4.78 is 0. The fourth-order valence-electron chi connectivity index (χ4n) is 1.83. The number of rotatable bonds is 9. The highest BCUT2D eigenvalue weighted by Crippen LogP contribution is 2.02. The van der Waals surface area contributed by atoms with Crippen LogP contribution in [-0.2, 0) is 14.4 Å². The molecule has 0 amide bonds. The van der Waals surface area contributed by atoms with Crippen molar-refractivity contribution in [2.24, 2.45) is 35.0 Å². The van der Waals surface area contributed by atoms with E-state index < -0.39 is 36.0 Å². The first-order chi connectivity index (χ1) is 12.1. The number of carboxylic acids is 3. The molecule has 0 saturated carbocycles. The summed E-state index contributed by atoms with van der Waals surface area (Å²) in [7, 11) is 0. The highest BCUT2D eigenvalue weighted by molar-refractivity contribution is 5.73. The molecule has 0 aromatic rings. The van der Waals surface area contributed by atoms with Crippen molar-refractivity contribution in [3.05, 3.63) is 0 Å². The van der Waals surface area contributed by atoms with Gasteiger partial charge >= 0.3 is 17.9 Å². The van der Waals surface area contributed by atoms with Crippen molar-refractivity contribution in [3.8, 4) is 0 Å². The molecule has 0 rings (SSSR count). The average molecular weight is 394 g/mol. The maximum absolute atomic E-state index is 10.1. The summed E-state index contributed by atoms with van der Waals surface area (Å²) >= 11 is 0. The Kier molecular flexibility index (Phi) is 18.3. The third-order valence-corrected chi connectivity index (χ3v) is 3.13. The topological polar surface area (TPSA) is 190 Å². The van der Waals surface area contributed by atoms with Gasteiger partial charge in [0.05, 0.1) is 0 Å². The van der Waals surface area contributed by atoms with Crippen LogP contribution >= 0.6 is 0 Å². The monoisotopic (exact) mass is 393 g/mol.